The van der Waals surface area contributed by atoms with Gasteiger partial charge < -0.3 is 19.2 Å². The molecule has 0 bridgehead atoms. The van der Waals surface area contributed by atoms with E-state index in [0.29, 0.717) is 42.2 Å². The highest BCUT2D eigenvalue weighted by Crippen LogP contribution is 2.37. The number of carbonyl (C=O) groups is 1. The van der Waals surface area contributed by atoms with Crippen LogP contribution in [-0.4, -0.2) is 39.1 Å². The predicted molar refractivity (Wildman–Crippen MR) is 121 cm³/mol. The minimum atomic E-state index is -0.362. The van der Waals surface area contributed by atoms with Crippen LogP contribution in [0.15, 0.2) is 46.2 Å². The van der Waals surface area contributed by atoms with E-state index >= 15 is 0 Å². The summed E-state index contributed by atoms with van der Waals surface area (Å²) in [5, 5.41) is 12.2. The van der Waals surface area contributed by atoms with Crippen LogP contribution in [0.4, 0.5) is 5.69 Å². The van der Waals surface area contributed by atoms with Crippen LogP contribution >= 0.6 is 11.8 Å². The standard InChI is InChI=1S/C23H26N4O4S/c1-15(22(28)24-16-9-10-18-20(14-16)31-13-12-30-18)32-23-26-25-21(19-8-5-11-29-19)27(23)17-6-3-2-4-7-17/h5,8-11,14-15,17H,2-4,6-7,12-13H2,1H3,(H,24,28). The summed E-state index contributed by atoms with van der Waals surface area (Å²) in [5.41, 5.74) is 0.678. The van der Waals surface area contributed by atoms with E-state index < -0.39 is 0 Å². The number of thioether (sulfide) groups is 1. The van der Waals surface area contributed by atoms with Crippen molar-refractivity contribution in [1.82, 2.24) is 14.8 Å². The summed E-state index contributed by atoms with van der Waals surface area (Å²) in [6.45, 7) is 2.92. The second kappa shape index (κ2) is 9.28. The summed E-state index contributed by atoms with van der Waals surface area (Å²) in [5.74, 6) is 2.66. The average Bonchev–Trinajstić information content (AvgIpc) is 3.49. The van der Waals surface area contributed by atoms with Gasteiger partial charge in [0.2, 0.25) is 11.7 Å². The number of carbonyl (C=O) groups excluding carboxylic acids is 1. The molecule has 1 aliphatic carbocycles. The summed E-state index contributed by atoms with van der Waals surface area (Å²) in [6.07, 6.45) is 7.43. The van der Waals surface area contributed by atoms with Crippen molar-refractivity contribution in [2.75, 3.05) is 18.5 Å². The molecule has 3 heterocycles. The maximum Gasteiger partial charge on any atom is 0.237 e. The number of benzene rings is 1. The number of nitrogens with one attached hydrogen (secondary N) is 1. The molecule has 3 aromatic rings. The quantitative estimate of drug-likeness (QED) is 0.528. The van der Waals surface area contributed by atoms with Crippen molar-refractivity contribution < 1.29 is 18.7 Å². The maximum atomic E-state index is 12.9. The molecule has 1 aliphatic heterocycles. The van der Waals surface area contributed by atoms with Crippen molar-refractivity contribution in [1.29, 1.82) is 0 Å². The molecule has 168 valence electrons. The second-order valence-electron chi connectivity index (χ2n) is 8.05. The van der Waals surface area contributed by atoms with Gasteiger partial charge in [0.15, 0.2) is 22.4 Å². The Morgan fingerprint density at radius 3 is 2.72 bits per heavy atom. The number of fused-ring (bicyclic) bond motifs is 1. The van der Waals surface area contributed by atoms with Gasteiger partial charge >= 0.3 is 0 Å². The number of rotatable bonds is 6. The summed E-state index contributed by atoms with van der Waals surface area (Å²) < 4.78 is 18.9. The first-order valence-corrected chi connectivity index (χ1v) is 11.9. The first kappa shape index (κ1) is 20.9. The molecule has 1 aromatic carbocycles. The van der Waals surface area contributed by atoms with Crippen molar-refractivity contribution in [3.05, 3.63) is 36.6 Å². The molecular weight excluding hydrogens is 428 g/mol. The lowest BCUT2D eigenvalue weighted by Gasteiger charge is -2.25. The smallest absolute Gasteiger partial charge is 0.237 e. The Hall–Kier alpha value is -2.94. The number of furan rings is 1. The van der Waals surface area contributed by atoms with Crippen LogP contribution in [0.3, 0.4) is 0 Å². The number of nitrogens with zero attached hydrogens (tertiary/aromatic N) is 3. The van der Waals surface area contributed by atoms with Gasteiger partial charge in [-0.1, -0.05) is 31.0 Å². The summed E-state index contributed by atoms with van der Waals surface area (Å²) >= 11 is 1.42. The van der Waals surface area contributed by atoms with Gasteiger partial charge in [-0.25, -0.2) is 0 Å². The molecule has 2 aliphatic rings. The molecule has 1 atom stereocenters. The monoisotopic (exact) mass is 454 g/mol. The maximum absolute atomic E-state index is 12.9. The lowest BCUT2D eigenvalue weighted by Crippen LogP contribution is -2.24. The van der Waals surface area contributed by atoms with Gasteiger partial charge in [0.05, 0.1) is 11.5 Å². The molecule has 5 rings (SSSR count). The highest BCUT2D eigenvalue weighted by atomic mass is 32.2. The van der Waals surface area contributed by atoms with E-state index in [1.54, 1.807) is 12.3 Å². The highest BCUT2D eigenvalue weighted by molar-refractivity contribution is 8.00. The molecule has 1 saturated carbocycles. The van der Waals surface area contributed by atoms with Crippen LogP contribution < -0.4 is 14.8 Å². The lowest BCUT2D eigenvalue weighted by molar-refractivity contribution is -0.115. The van der Waals surface area contributed by atoms with E-state index in [-0.39, 0.29) is 11.2 Å². The Kier molecular flexibility index (Phi) is 6.07. The molecule has 0 saturated heterocycles. The van der Waals surface area contributed by atoms with E-state index in [2.05, 4.69) is 20.1 Å². The van der Waals surface area contributed by atoms with E-state index in [4.69, 9.17) is 13.9 Å². The Bertz CT molecular complexity index is 1080. The van der Waals surface area contributed by atoms with E-state index in [1.165, 1.54) is 31.0 Å². The number of amides is 1. The Balaban J connectivity index is 1.33. The van der Waals surface area contributed by atoms with Crippen molar-refractivity contribution >= 4 is 23.4 Å². The topological polar surface area (TPSA) is 91.4 Å². The zero-order chi connectivity index (χ0) is 21.9. The van der Waals surface area contributed by atoms with Crippen LogP contribution in [0.5, 0.6) is 11.5 Å². The Morgan fingerprint density at radius 1 is 1.12 bits per heavy atom. The summed E-state index contributed by atoms with van der Waals surface area (Å²) in [7, 11) is 0. The van der Waals surface area contributed by atoms with Crippen LogP contribution in [0, 0.1) is 0 Å². The van der Waals surface area contributed by atoms with Crippen LogP contribution in [0.2, 0.25) is 0 Å². The molecule has 1 amide bonds. The normalized spacial score (nSPS) is 17.2. The van der Waals surface area contributed by atoms with Gasteiger partial charge in [0.1, 0.15) is 13.2 Å². The zero-order valence-electron chi connectivity index (χ0n) is 18.0. The SMILES string of the molecule is CC(Sc1nnc(-c2ccco2)n1C1CCCCC1)C(=O)Nc1ccc2c(c1)OCCO2. The first-order chi connectivity index (χ1) is 15.7. The number of hydrogen-bond donors (Lipinski definition) is 1. The second-order valence-corrected chi connectivity index (χ2v) is 9.36. The number of anilines is 1. The third-order valence-corrected chi connectivity index (χ3v) is 6.86. The lowest BCUT2D eigenvalue weighted by atomic mass is 9.95. The van der Waals surface area contributed by atoms with Gasteiger partial charge in [-0.3, -0.25) is 9.36 Å². The fraction of sp³-hybridized carbons (Fsp3) is 0.435. The first-order valence-electron chi connectivity index (χ1n) is 11.0. The van der Waals surface area contributed by atoms with Crippen molar-refractivity contribution in [2.45, 2.75) is 55.5 Å². The van der Waals surface area contributed by atoms with Gasteiger partial charge in [0.25, 0.3) is 0 Å². The molecular formula is C23H26N4O4S. The largest absolute Gasteiger partial charge is 0.486 e. The van der Waals surface area contributed by atoms with Gasteiger partial charge in [-0.05, 0) is 44.0 Å². The Labute approximate surface area is 190 Å². The van der Waals surface area contributed by atoms with E-state index in [0.717, 1.165) is 23.8 Å². The molecule has 8 nitrogen and oxygen atoms in total. The number of hydrogen-bond acceptors (Lipinski definition) is 7. The molecule has 2 aromatic heterocycles. The Morgan fingerprint density at radius 2 is 1.94 bits per heavy atom. The van der Waals surface area contributed by atoms with Crippen molar-refractivity contribution in [3.8, 4) is 23.1 Å². The predicted octanol–water partition coefficient (Wildman–Crippen LogP) is 4.93. The molecule has 9 heteroatoms. The third kappa shape index (κ3) is 4.34. The fourth-order valence-corrected chi connectivity index (χ4v) is 5.10. The van der Waals surface area contributed by atoms with Gasteiger partial charge in [-0.15, -0.1) is 10.2 Å². The molecule has 1 N–H and O–H groups in total. The third-order valence-electron chi connectivity index (χ3n) is 5.81. The molecule has 1 fully saturated rings. The van der Waals surface area contributed by atoms with Gasteiger partial charge in [-0.2, -0.15) is 0 Å². The summed E-state index contributed by atoms with van der Waals surface area (Å²) in [6, 6.07) is 9.50. The van der Waals surface area contributed by atoms with Crippen LogP contribution in [0.1, 0.15) is 45.1 Å². The minimum Gasteiger partial charge on any atom is -0.486 e. The van der Waals surface area contributed by atoms with Crippen molar-refractivity contribution in [2.24, 2.45) is 0 Å². The summed E-state index contributed by atoms with van der Waals surface area (Å²) in [4.78, 5) is 12.9. The minimum absolute atomic E-state index is 0.107. The van der Waals surface area contributed by atoms with Crippen LogP contribution in [-0.2, 0) is 4.79 Å². The average molecular weight is 455 g/mol. The van der Waals surface area contributed by atoms with Crippen molar-refractivity contribution in [3.63, 3.8) is 0 Å². The molecule has 0 spiro atoms. The van der Waals surface area contributed by atoms with Gasteiger partial charge in [0, 0.05) is 17.8 Å². The van der Waals surface area contributed by atoms with E-state index in [1.807, 2.05) is 31.2 Å². The number of aromatic nitrogens is 3. The van der Waals surface area contributed by atoms with Crippen LogP contribution in [0.25, 0.3) is 11.6 Å². The molecule has 32 heavy (non-hydrogen) atoms. The highest BCUT2D eigenvalue weighted by Gasteiger charge is 2.27. The zero-order valence-corrected chi connectivity index (χ0v) is 18.8. The fourth-order valence-electron chi connectivity index (χ4n) is 4.18. The number of ether oxygens (including phenoxy) is 2. The van der Waals surface area contributed by atoms with E-state index in [9.17, 15) is 4.79 Å². The molecule has 1 unspecified atom stereocenters. The molecule has 0 radical (unpaired) electrons.